The van der Waals surface area contributed by atoms with Crippen LogP contribution in [0.3, 0.4) is 0 Å². The first-order chi connectivity index (χ1) is 5.29. The van der Waals surface area contributed by atoms with Gasteiger partial charge >= 0.3 is 0 Å². The third-order valence-corrected chi connectivity index (χ3v) is 1.88. The first-order valence-corrected chi connectivity index (χ1v) is 3.53. The first kappa shape index (κ1) is 8.85. The van der Waals surface area contributed by atoms with Crippen LogP contribution in [0.5, 0.6) is 0 Å². The Labute approximate surface area is 64.5 Å². The molecule has 6 heteroatoms. The molecule has 1 heterocycles. The minimum Gasteiger partial charge on any atom is -0.772 e. The summed E-state index contributed by atoms with van der Waals surface area (Å²) >= 11 is 0. The van der Waals surface area contributed by atoms with Crippen LogP contribution in [0.2, 0.25) is 0 Å². The number of hydrogen-bond acceptors (Lipinski definition) is 6. The molecule has 0 aromatic carbocycles. The van der Waals surface area contributed by atoms with Crippen molar-refractivity contribution >= 4 is 0 Å². The number of hydrazine groups is 2. The van der Waals surface area contributed by atoms with Crippen LogP contribution >= 0.6 is 0 Å². The molecule has 0 bridgehead atoms. The minimum atomic E-state index is -0.138. The highest BCUT2D eigenvalue weighted by Gasteiger charge is 2.26. The zero-order chi connectivity index (χ0) is 8.27. The van der Waals surface area contributed by atoms with E-state index < -0.39 is 0 Å². The summed E-state index contributed by atoms with van der Waals surface area (Å²) in [4.78, 5) is 0. The van der Waals surface area contributed by atoms with Crippen LogP contribution in [-0.2, 0) is 0 Å². The van der Waals surface area contributed by atoms with E-state index in [9.17, 15) is 5.21 Å². The zero-order valence-corrected chi connectivity index (χ0v) is 6.10. The van der Waals surface area contributed by atoms with Gasteiger partial charge in [0.2, 0.25) is 0 Å². The molecule has 0 spiro atoms. The number of nitrogens with one attached hydrogen (secondary N) is 1. The Morgan fingerprint density at radius 3 is 3.00 bits per heavy atom. The number of aliphatic hydroxyl groups excluding tert-OH is 1. The lowest BCUT2D eigenvalue weighted by atomic mass is 10.2. The molecule has 66 valence electrons. The molecule has 0 radical (unpaired) electrons. The van der Waals surface area contributed by atoms with E-state index in [0.717, 1.165) is 12.8 Å². The Kier molecular flexibility index (Phi) is 3.18. The SMILES string of the molecule is [O-]NN(O)N1CCC[C@H]1CO. The molecule has 0 saturated carbocycles. The Balaban J connectivity index is 2.42. The van der Waals surface area contributed by atoms with Crippen molar-refractivity contribution < 1.29 is 10.3 Å². The van der Waals surface area contributed by atoms with Crippen molar-refractivity contribution in [3.05, 3.63) is 5.21 Å². The number of hydrogen-bond donors (Lipinski definition) is 3. The number of rotatable bonds is 3. The van der Waals surface area contributed by atoms with Crippen LogP contribution in [-0.4, -0.2) is 39.8 Å². The van der Waals surface area contributed by atoms with Gasteiger partial charge in [0.15, 0.2) is 0 Å². The van der Waals surface area contributed by atoms with Crippen molar-refractivity contribution in [2.24, 2.45) is 0 Å². The van der Waals surface area contributed by atoms with Crippen LogP contribution in [0.15, 0.2) is 0 Å². The van der Waals surface area contributed by atoms with E-state index in [1.807, 2.05) is 0 Å². The second kappa shape index (κ2) is 3.96. The highest BCUT2D eigenvalue weighted by atomic mass is 16.7. The average molecular weight is 162 g/mol. The quantitative estimate of drug-likeness (QED) is 0.464. The summed E-state index contributed by atoms with van der Waals surface area (Å²) < 4.78 is 0. The van der Waals surface area contributed by atoms with Crippen molar-refractivity contribution in [1.29, 1.82) is 0 Å². The molecule has 0 aliphatic carbocycles. The maximum Gasteiger partial charge on any atom is 0.0602 e. The summed E-state index contributed by atoms with van der Waals surface area (Å²) in [6, 6.07) is -0.138. The van der Waals surface area contributed by atoms with Crippen LogP contribution in [0.4, 0.5) is 0 Å². The molecular formula is C5H12N3O3-. The van der Waals surface area contributed by atoms with Crippen molar-refractivity contribution in [1.82, 2.24) is 15.9 Å². The van der Waals surface area contributed by atoms with Crippen molar-refractivity contribution in [2.45, 2.75) is 18.9 Å². The molecule has 1 fully saturated rings. The third kappa shape index (κ3) is 1.86. The Morgan fingerprint density at radius 2 is 2.45 bits per heavy atom. The average Bonchev–Trinajstić information content (AvgIpc) is 2.50. The molecule has 0 unspecified atom stereocenters. The van der Waals surface area contributed by atoms with Gasteiger partial charge in [-0.25, -0.2) is 0 Å². The monoisotopic (exact) mass is 162 g/mol. The van der Waals surface area contributed by atoms with Gasteiger partial charge < -0.3 is 10.3 Å². The largest absolute Gasteiger partial charge is 0.772 e. The molecule has 0 aromatic rings. The van der Waals surface area contributed by atoms with E-state index in [4.69, 9.17) is 10.3 Å². The lowest BCUT2D eigenvalue weighted by Gasteiger charge is -2.32. The Bertz CT molecular complexity index is 124. The standard InChI is InChI=1S/C5H12N3O3/c9-4-5-2-1-3-7(5)8(11)6-10/h5-6,9,11H,1-4H2/q-1/t5-/m0/s1. The maximum absolute atomic E-state index is 9.98. The molecule has 1 atom stereocenters. The second-order valence-electron chi connectivity index (χ2n) is 2.52. The zero-order valence-electron chi connectivity index (χ0n) is 6.10. The topological polar surface area (TPSA) is 82.0 Å². The van der Waals surface area contributed by atoms with E-state index in [1.165, 1.54) is 10.6 Å². The fraction of sp³-hybridized carbons (Fsp3) is 1.00. The number of nitrogens with zero attached hydrogens (tertiary/aromatic N) is 2. The van der Waals surface area contributed by atoms with E-state index in [2.05, 4.69) is 0 Å². The van der Waals surface area contributed by atoms with Gasteiger partial charge in [0.05, 0.1) is 12.6 Å². The van der Waals surface area contributed by atoms with Crippen LogP contribution in [0.25, 0.3) is 0 Å². The molecule has 11 heavy (non-hydrogen) atoms. The summed E-state index contributed by atoms with van der Waals surface area (Å²) in [5, 5.41) is 29.4. The molecule has 3 N–H and O–H groups in total. The molecule has 1 rings (SSSR count). The molecular weight excluding hydrogens is 150 g/mol. The minimum absolute atomic E-state index is 0.0429. The van der Waals surface area contributed by atoms with Gasteiger partial charge in [-0.05, 0) is 12.8 Å². The van der Waals surface area contributed by atoms with Gasteiger partial charge in [0.1, 0.15) is 0 Å². The lowest BCUT2D eigenvalue weighted by Crippen LogP contribution is -2.49. The van der Waals surface area contributed by atoms with E-state index in [0.29, 0.717) is 11.8 Å². The summed E-state index contributed by atoms with van der Waals surface area (Å²) in [6.07, 6.45) is 1.68. The fourth-order valence-corrected chi connectivity index (χ4v) is 1.31. The van der Waals surface area contributed by atoms with Crippen LogP contribution in [0, 0.1) is 5.21 Å². The van der Waals surface area contributed by atoms with Gasteiger partial charge in [-0.15, -0.1) is 0 Å². The van der Waals surface area contributed by atoms with Crippen molar-refractivity contribution in [2.75, 3.05) is 13.2 Å². The molecule has 1 aliphatic heterocycles. The smallest absolute Gasteiger partial charge is 0.0602 e. The van der Waals surface area contributed by atoms with Gasteiger partial charge in [-0.2, -0.15) is 5.01 Å². The van der Waals surface area contributed by atoms with Crippen LogP contribution < -0.4 is 5.59 Å². The van der Waals surface area contributed by atoms with Gasteiger partial charge in [-0.3, -0.25) is 10.8 Å². The first-order valence-electron chi connectivity index (χ1n) is 3.53. The Morgan fingerprint density at radius 1 is 1.73 bits per heavy atom. The van der Waals surface area contributed by atoms with Crippen molar-refractivity contribution in [3.63, 3.8) is 0 Å². The third-order valence-electron chi connectivity index (χ3n) is 1.88. The summed E-state index contributed by atoms with van der Waals surface area (Å²) in [5.74, 6) is 0. The molecule has 0 aromatic heterocycles. The molecule has 1 aliphatic rings. The molecule has 0 amide bonds. The van der Waals surface area contributed by atoms with E-state index >= 15 is 0 Å². The van der Waals surface area contributed by atoms with Crippen molar-refractivity contribution in [3.8, 4) is 0 Å². The van der Waals surface area contributed by atoms with Gasteiger partial charge in [-0.1, -0.05) is 5.28 Å². The fourth-order valence-electron chi connectivity index (χ4n) is 1.31. The highest BCUT2D eigenvalue weighted by Crippen LogP contribution is 2.16. The highest BCUT2D eigenvalue weighted by molar-refractivity contribution is 4.74. The second-order valence-corrected chi connectivity index (χ2v) is 2.52. The van der Waals surface area contributed by atoms with E-state index in [-0.39, 0.29) is 12.6 Å². The maximum atomic E-state index is 9.98. The predicted molar refractivity (Wildman–Crippen MR) is 36.9 cm³/mol. The number of aliphatic hydroxyl groups is 1. The summed E-state index contributed by atoms with van der Waals surface area (Å²) in [7, 11) is 0. The van der Waals surface area contributed by atoms with Gasteiger partial charge in [0, 0.05) is 6.54 Å². The molecule has 1 saturated heterocycles. The molecule has 6 nitrogen and oxygen atoms in total. The predicted octanol–water partition coefficient (Wildman–Crippen LogP) is -0.948. The lowest BCUT2D eigenvalue weighted by molar-refractivity contribution is -0.281. The van der Waals surface area contributed by atoms with Gasteiger partial charge in [0.25, 0.3) is 0 Å². The Hall–Kier alpha value is -0.240. The van der Waals surface area contributed by atoms with E-state index in [1.54, 1.807) is 0 Å². The summed E-state index contributed by atoms with van der Waals surface area (Å²) in [6.45, 7) is 0.551. The normalized spacial score (nSPS) is 26.7. The van der Waals surface area contributed by atoms with Crippen LogP contribution in [0.1, 0.15) is 12.8 Å². The summed E-state index contributed by atoms with van der Waals surface area (Å²) in [5.41, 5.74) is 1.32.